The molecule has 2 atom stereocenters. The predicted molar refractivity (Wildman–Crippen MR) is 133 cm³/mol. The highest BCUT2D eigenvalue weighted by molar-refractivity contribution is 6.74. The Kier molecular flexibility index (Phi) is 5.69. The summed E-state index contributed by atoms with van der Waals surface area (Å²) in [4.78, 5) is 18.3. The molecule has 1 fully saturated rings. The van der Waals surface area contributed by atoms with Gasteiger partial charge in [0.1, 0.15) is 0 Å². The fraction of sp³-hybridized carbons (Fsp3) is 0.462. The molecule has 0 radical (unpaired) electrons. The van der Waals surface area contributed by atoms with Crippen LogP contribution in [0.3, 0.4) is 0 Å². The van der Waals surface area contributed by atoms with Crippen LogP contribution >= 0.6 is 0 Å². The maximum absolute atomic E-state index is 13.7. The topological polar surface area (TPSA) is 44.1 Å². The summed E-state index contributed by atoms with van der Waals surface area (Å²) in [6.45, 7) is 15.4. The second-order valence-corrected chi connectivity index (χ2v) is 15.1. The first kappa shape index (κ1) is 22.0. The molecule has 0 aliphatic heterocycles. The van der Waals surface area contributed by atoms with Gasteiger partial charge in [0.2, 0.25) is 0 Å². The molecule has 0 unspecified atom stereocenters. The highest BCUT2D eigenvalue weighted by Crippen LogP contribution is 2.41. The van der Waals surface area contributed by atoms with E-state index in [0.717, 1.165) is 47.5 Å². The molecule has 5 heteroatoms. The van der Waals surface area contributed by atoms with Crippen molar-refractivity contribution in [1.82, 2.24) is 9.55 Å². The van der Waals surface area contributed by atoms with Gasteiger partial charge in [-0.15, -0.1) is 0 Å². The minimum absolute atomic E-state index is 0.0453. The molecule has 4 nitrogen and oxygen atoms in total. The summed E-state index contributed by atoms with van der Waals surface area (Å²) in [5.41, 5.74) is 1.85. The Labute approximate surface area is 186 Å². The van der Waals surface area contributed by atoms with Crippen LogP contribution in [0, 0.1) is 0 Å². The molecule has 3 aromatic rings. The smallest absolute Gasteiger partial charge is 0.258 e. The molecule has 1 aromatic carbocycles. The van der Waals surface area contributed by atoms with Crippen LogP contribution in [-0.4, -0.2) is 24.0 Å². The number of aromatic nitrogens is 2. The van der Waals surface area contributed by atoms with Gasteiger partial charge in [-0.2, -0.15) is 0 Å². The van der Waals surface area contributed by atoms with Crippen molar-refractivity contribution in [2.45, 2.75) is 76.7 Å². The minimum atomic E-state index is -1.93. The highest BCUT2D eigenvalue weighted by Gasteiger charge is 2.41. The molecule has 0 amide bonds. The van der Waals surface area contributed by atoms with Gasteiger partial charge in [-0.3, -0.25) is 9.78 Å². The van der Waals surface area contributed by atoms with Crippen LogP contribution in [0.5, 0.6) is 0 Å². The lowest BCUT2D eigenvalue weighted by Crippen LogP contribution is -2.47. The van der Waals surface area contributed by atoms with Crippen molar-refractivity contribution in [3.63, 3.8) is 0 Å². The SMILES string of the molecule is C=Cc1cc2c(=O)n([C@H]3CCCC[C@@H]3O[Si](C)(C)C(C)(C)C)ccc2c2ncccc12. The van der Waals surface area contributed by atoms with Gasteiger partial charge in [0.25, 0.3) is 5.56 Å². The summed E-state index contributed by atoms with van der Waals surface area (Å²) in [5.74, 6) is 0. The summed E-state index contributed by atoms with van der Waals surface area (Å²) < 4.78 is 8.77. The Bertz CT molecular complexity index is 1190. The van der Waals surface area contributed by atoms with Crippen LogP contribution in [0.4, 0.5) is 0 Å². The van der Waals surface area contributed by atoms with Gasteiger partial charge in [-0.05, 0) is 54.7 Å². The van der Waals surface area contributed by atoms with Gasteiger partial charge in [0, 0.05) is 28.6 Å². The minimum Gasteiger partial charge on any atom is -0.412 e. The fourth-order valence-corrected chi connectivity index (χ4v) is 5.90. The molecule has 164 valence electrons. The average molecular weight is 435 g/mol. The van der Waals surface area contributed by atoms with E-state index in [9.17, 15) is 4.79 Å². The van der Waals surface area contributed by atoms with Crippen LogP contribution in [0.2, 0.25) is 18.1 Å². The lowest BCUT2D eigenvalue weighted by atomic mass is 9.92. The standard InChI is InChI=1S/C26H34N2O2Si/c1-7-18-17-21-20(24-19(18)11-10-15-27-24)14-16-28(25(21)29)22-12-8-9-13-23(22)30-31(5,6)26(2,3)4/h7,10-11,14-17,22-23H,1,8-9,12-13H2,2-6H3/t22-,23-/m0/s1. The first-order valence-corrected chi connectivity index (χ1v) is 14.3. The molecule has 2 aromatic heterocycles. The molecule has 0 bridgehead atoms. The maximum Gasteiger partial charge on any atom is 0.258 e. The van der Waals surface area contributed by atoms with Gasteiger partial charge >= 0.3 is 0 Å². The zero-order valence-corrected chi connectivity index (χ0v) is 20.4. The quantitative estimate of drug-likeness (QED) is 0.339. The third-order valence-electron chi connectivity index (χ3n) is 7.33. The second kappa shape index (κ2) is 8.03. The number of benzene rings is 1. The molecule has 0 saturated heterocycles. The molecule has 1 aliphatic rings. The van der Waals surface area contributed by atoms with E-state index in [1.54, 1.807) is 6.20 Å². The number of hydrogen-bond donors (Lipinski definition) is 0. The maximum atomic E-state index is 13.7. The van der Waals surface area contributed by atoms with Crippen molar-refractivity contribution in [1.29, 1.82) is 0 Å². The van der Waals surface area contributed by atoms with E-state index in [1.807, 2.05) is 35.0 Å². The van der Waals surface area contributed by atoms with E-state index < -0.39 is 8.32 Å². The summed E-state index contributed by atoms with van der Waals surface area (Å²) in [6.07, 6.45) is 9.92. The number of hydrogen-bond acceptors (Lipinski definition) is 3. The van der Waals surface area contributed by atoms with Gasteiger partial charge in [0.15, 0.2) is 8.32 Å². The largest absolute Gasteiger partial charge is 0.412 e. The van der Waals surface area contributed by atoms with Crippen LogP contribution in [0.15, 0.2) is 48.0 Å². The Morgan fingerprint density at radius 2 is 1.90 bits per heavy atom. The number of rotatable bonds is 4. The first-order valence-electron chi connectivity index (χ1n) is 11.4. The Hall–Kier alpha value is -2.24. The third kappa shape index (κ3) is 3.90. The summed E-state index contributed by atoms with van der Waals surface area (Å²) >= 11 is 0. The molecule has 1 aliphatic carbocycles. The monoisotopic (exact) mass is 434 g/mol. The molecule has 0 N–H and O–H groups in total. The van der Waals surface area contributed by atoms with E-state index in [0.29, 0.717) is 5.39 Å². The van der Waals surface area contributed by atoms with Crippen molar-refractivity contribution < 1.29 is 4.43 Å². The number of pyridine rings is 2. The molecular formula is C26H34N2O2Si. The summed E-state index contributed by atoms with van der Waals surface area (Å²) in [6, 6.07) is 8.06. The van der Waals surface area contributed by atoms with Gasteiger partial charge < -0.3 is 8.99 Å². The zero-order valence-electron chi connectivity index (χ0n) is 19.4. The van der Waals surface area contributed by atoms with Crippen LogP contribution < -0.4 is 5.56 Å². The van der Waals surface area contributed by atoms with Crippen LogP contribution in [0.25, 0.3) is 27.8 Å². The average Bonchev–Trinajstić information content (AvgIpc) is 2.73. The van der Waals surface area contributed by atoms with Crippen LogP contribution in [-0.2, 0) is 4.43 Å². The van der Waals surface area contributed by atoms with E-state index in [2.05, 4.69) is 51.5 Å². The lowest BCUT2D eigenvalue weighted by molar-refractivity contribution is 0.0829. The molecule has 2 heterocycles. The van der Waals surface area contributed by atoms with Crippen LogP contribution in [0.1, 0.15) is 58.1 Å². The Morgan fingerprint density at radius 3 is 2.61 bits per heavy atom. The molecule has 0 spiro atoms. The van der Waals surface area contributed by atoms with Gasteiger partial charge in [0.05, 0.1) is 17.7 Å². The van der Waals surface area contributed by atoms with Crippen molar-refractivity contribution in [2.24, 2.45) is 0 Å². The zero-order chi connectivity index (χ0) is 22.4. The van der Waals surface area contributed by atoms with E-state index in [4.69, 9.17) is 4.43 Å². The van der Waals surface area contributed by atoms with E-state index in [1.165, 1.54) is 0 Å². The van der Waals surface area contributed by atoms with Gasteiger partial charge in [-0.25, -0.2) is 0 Å². The third-order valence-corrected chi connectivity index (χ3v) is 11.8. The molecular weight excluding hydrogens is 400 g/mol. The Balaban J connectivity index is 1.83. The Morgan fingerprint density at radius 1 is 1.16 bits per heavy atom. The highest BCUT2D eigenvalue weighted by atomic mass is 28.4. The first-order chi connectivity index (χ1) is 14.6. The normalized spacial score (nSPS) is 20.3. The summed E-state index contributed by atoms with van der Waals surface area (Å²) in [5, 5.41) is 2.78. The number of nitrogens with zero attached hydrogens (tertiary/aromatic N) is 2. The summed E-state index contributed by atoms with van der Waals surface area (Å²) in [7, 11) is -1.93. The van der Waals surface area contributed by atoms with E-state index in [-0.39, 0.29) is 22.7 Å². The van der Waals surface area contributed by atoms with Crippen molar-refractivity contribution in [3.8, 4) is 0 Å². The van der Waals surface area contributed by atoms with E-state index >= 15 is 0 Å². The second-order valence-electron chi connectivity index (χ2n) is 10.3. The lowest BCUT2D eigenvalue weighted by Gasteiger charge is -2.43. The van der Waals surface area contributed by atoms with Crippen molar-refractivity contribution in [3.05, 3.63) is 59.2 Å². The molecule has 31 heavy (non-hydrogen) atoms. The predicted octanol–water partition coefficient (Wildman–Crippen LogP) is 6.70. The number of fused-ring (bicyclic) bond motifs is 3. The van der Waals surface area contributed by atoms with Crippen molar-refractivity contribution in [2.75, 3.05) is 0 Å². The van der Waals surface area contributed by atoms with Crippen molar-refractivity contribution >= 4 is 36.1 Å². The molecule has 4 rings (SSSR count). The molecule has 1 saturated carbocycles. The fourth-order valence-electron chi connectivity index (χ4n) is 4.52. The van der Waals surface area contributed by atoms with Gasteiger partial charge in [-0.1, -0.05) is 52.3 Å².